The van der Waals surface area contributed by atoms with Gasteiger partial charge in [0.15, 0.2) is 0 Å². The van der Waals surface area contributed by atoms with E-state index in [1.807, 2.05) is 12.1 Å². The van der Waals surface area contributed by atoms with Crippen LogP contribution in [0.3, 0.4) is 0 Å². The van der Waals surface area contributed by atoms with E-state index in [4.69, 9.17) is 11.0 Å². The van der Waals surface area contributed by atoms with Gasteiger partial charge in [0.25, 0.3) is 0 Å². The quantitative estimate of drug-likeness (QED) is 0.858. The summed E-state index contributed by atoms with van der Waals surface area (Å²) >= 11 is 8.10. The molecule has 1 heterocycles. The Balaban J connectivity index is 0.00000121. The Morgan fingerprint density at radius 2 is 2.17 bits per heavy atom. The highest BCUT2D eigenvalue weighted by atomic mass is 79.9. The molecular weight excluding hydrogens is 327 g/mol. The van der Waals surface area contributed by atoms with Gasteiger partial charge < -0.3 is 5.73 Å². The van der Waals surface area contributed by atoms with Crippen molar-refractivity contribution >= 4 is 55.6 Å². The number of hydrogen-bond acceptors (Lipinski definition) is 3. The van der Waals surface area contributed by atoms with E-state index in [1.165, 1.54) is 11.3 Å². The van der Waals surface area contributed by atoms with E-state index >= 15 is 0 Å². The predicted octanol–water partition coefficient (Wildman–Crippen LogP) is 3.22. The summed E-state index contributed by atoms with van der Waals surface area (Å²) < 4.78 is 1.92. The van der Waals surface area contributed by atoms with Crippen LogP contribution < -0.4 is 5.73 Å². The van der Waals surface area contributed by atoms with Gasteiger partial charge in [-0.3, -0.25) is 0 Å². The number of nitrogens with two attached hydrogens (primary N) is 1. The zero-order chi connectivity index (χ0) is 8.43. The lowest BCUT2D eigenvalue weighted by Gasteiger charge is -1.93. The zero-order valence-corrected chi connectivity index (χ0v) is 10.6. The SMILES string of the molecule is Cl.N#CC(N)c1cc(Br)c(Br)s1. The molecule has 0 saturated carbocycles. The second kappa shape index (κ2) is 5.20. The minimum Gasteiger partial charge on any atom is -0.312 e. The summed E-state index contributed by atoms with van der Waals surface area (Å²) in [6.07, 6.45) is 0. The van der Waals surface area contributed by atoms with Gasteiger partial charge in [-0.2, -0.15) is 5.26 Å². The van der Waals surface area contributed by atoms with Crippen molar-refractivity contribution in [2.24, 2.45) is 5.73 Å². The molecule has 1 aromatic rings. The molecule has 0 aliphatic rings. The van der Waals surface area contributed by atoms with E-state index < -0.39 is 6.04 Å². The standard InChI is InChI=1S/C6H4Br2N2S.ClH/c7-3-1-5(4(10)2-9)11-6(3)8;/h1,4H,10H2;1H. The van der Waals surface area contributed by atoms with Crippen LogP contribution in [0.2, 0.25) is 0 Å². The molecule has 1 atom stereocenters. The molecule has 0 amide bonds. The average molecular weight is 332 g/mol. The third kappa shape index (κ3) is 2.71. The molecule has 0 saturated heterocycles. The van der Waals surface area contributed by atoms with Gasteiger partial charge in [0, 0.05) is 9.35 Å². The molecule has 0 radical (unpaired) electrons. The molecule has 0 aliphatic heterocycles. The van der Waals surface area contributed by atoms with Gasteiger partial charge >= 0.3 is 0 Å². The molecule has 1 unspecified atom stereocenters. The lowest BCUT2D eigenvalue weighted by Crippen LogP contribution is -2.04. The Morgan fingerprint density at radius 3 is 2.50 bits per heavy atom. The maximum atomic E-state index is 8.49. The van der Waals surface area contributed by atoms with E-state index in [9.17, 15) is 0 Å². The van der Waals surface area contributed by atoms with Gasteiger partial charge in [0.1, 0.15) is 6.04 Å². The van der Waals surface area contributed by atoms with Crippen LogP contribution in [0.25, 0.3) is 0 Å². The number of halogens is 3. The Labute approximate surface area is 97.4 Å². The van der Waals surface area contributed by atoms with Crippen molar-refractivity contribution in [3.05, 3.63) is 19.2 Å². The lowest BCUT2D eigenvalue weighted by molar-refractivity contribution is 0.951. The molecule has 0 bridgehead atoms. The highest BCUT2D eigenvalue weighted by Gasteiger charge is 2.09. The number of nitriles is 1. The summed E-state index contributed by atoms with van der Waals surface area (Å²) in [6.45, 7) is 0. The Bertz CT molecular complexity index is 287. The van der Waals surface area contributed by atoms with Gasteiger partial charge in [-0.1, -0.05) is 0 Å². The van der Waals surface area contributed by atoms with Gasteiger partial charge in [-0.25, -0.2) is 0 Å². The van der Waals surface area contributed by atoms with Crippen LogP contribution in [0.1, 0.15) is 10.9 Å². The fourth-order valence-corrected chi connectivity index (χ4v) is 2.62. The number of nitrogens with zero attached hydrogens (tertiary/aromatic N) is 1. The molecule has 2 nitrogen and oxygen atoms in total. The van der Waals surface area contributed by atoms with Gasteiger partial charge in [-0.05, 0) is 37.9 Å². The van der Waals surface area contributed by atoms with Crippen molar-refractivity contribution in [1.82, 2.24) is 0 Å². The third-order valence-electron chi connectivity index (χ3n) is 1.11. The molecule has 0 spiro atoms. The van der Waals surface area contributed by atoms with E-state index in [1.54, 1.807) is 0 Å². The number of thiophene rings is 1. The average Bonchev–Trinajstić information content (AvgIpc) is 2.31. The van der Waals surface area contributed by atoms with Crippen LogP contribution in [0.4, 0.5) is 0 Å². The smallest absolute Gasteiger partial charge is 0.128 e. The highest BCUT2D eigenvalue weighted by molar-refractivity contribution is 9.13. The fourth-order valence-electron chi connectivity index (χ4n) is 0.580. The summed E-state index contributed by atoms with van der Waals surface area (Å²) in [5.74, 6) is 0. The molecule has 1 rings (SSSR count). The summed E-state index contributed by atoms with van der Waals surface area (Å²) in [5, 5.41) is 8.49. The molecule has 0 aliphatic carbocycles. The van der Waals surface area contributed by atoms with E-state index in [0.717, 1.165) is 13.1 Å². The van der Waals surface area contributed by atoms with Crippen LogP contribution in [-0.2, 0) is 0 Å². The highest BCUT2D eigenvalue weighted by Crippen LogP contribution is 2.34. The van der Waals surface area contributed by atoms with Gasteiger partial charge in [0.05, 0.1) is 9.86 Å². The van der Waals surface area contributed by atoms with E-state index in [0.29, 0.717) is 0 Å². The van der Waals surface area contributed by atoms with Crippen LogP contribution in [0.15, 0.2) is 14.3 Å². The second-order valence-corrected chi connectivity index (χ2v) is 5.13. The maximum absolute atomic E-state index is 8.49. The van der Waals surface area contributed by atoms with Crippen LogP contribution in [0.5, 0.6) is 0 Å². The third-order valence-corrected chi connectivity index (χ3v) is 4.45. The molecule has 0 fully saturated rings. The van der Waals surface area contributed by atoms with Crippen molar-refractivity contribution in [3.63, 3.8) is 0 Å². The van der Waals surface area contributed by atoms with Crippen molar-refractivity contribution in [2.45, 2.75) is 6.04 Å². The minimum absolute atomic E-state index is 0. The molecule has 6 heteroatoms. The van der Waals surface area contributed by atoms with Crippen LogP contribution in [0, 0.1) is 11.3 Å². The summed E-state index contributed by atoms with van der Waals surface area (Å²) in [5.41, 5.74) is 5.48. The van der Waals surface area contributed by atoms with Crippen molar-refractivity contribution in [3.8, 4) is 6.07 Å². The van der Waals surface area contributed by atoms with Gasteiger partial charge in [0.2, 0.25) is 0 Å². The van der Waals surface area contributed by atoms with Gasteiger partial charge in [-0.15, -0.1) is 23.7 Å². The van der Waals surface area contributed by atoms with Crippen LogP contribution >= 0.6 is 55.6 Å². The van der Waals surface area contributed by atoms with Crippen molar-refractivity contribution in [1.29, 1.82) is 5.26 Å². The maximum Gasteiger partial charge on any atom is 0.128 e. The van der Waals surface area contributed by atoms with Crippen molar-refractivity contribution in [2.75, 3.05) is 0 Å². The number of hydrogen-bond donors (Lipinski definition) is 1. The topological polar surface area (TPSA) is 49.8 Å². The molecule has 1 aromatic heterocycles. The first kappa shape index (κ1) is 12.4. The van der Waals surface area contributed by atoms with E-state index in [-0.39, 0.29) is 12.4 Å². The lowest BCUT2D eigenvalue weighted by atomic mass is 10.3. The van der Waals surface area contributed by atoms with Crippen molar-refractivity contribution < 1.29 is 0 Å². The van der Waals surface area contributed by atoms with E-state index in [2.05, 4.69) is 31.9 Å². The zero-order valence-electron chi connectivity index (χ0n) is 5.75. The first-order valence-corrected chi connectivity index (χ1v) is 5.15. The molecule has 66 valence electrons. The minimum atomic E-state index is -0.511. The normalized spacial score (nSPS) is 11.5. The Morgan fingerprint density at radius 1 is 1.58 bits per heavy atom. The summed E-state index contributed by atoms with van der Waals surface area (Å²) in [6, 6.07) is 3.31. The first-order chi connectivity index (χ1) is 5.15. The molecule has 0 aromatic carbocycles. The summed E-state index contributed by atoms with van der Waals surface area (Å²) in [4.78, 5) is 0.867. The molecule has 12 heavy (non-hydrogen) atoms. The predicted molar refractivity (Wildman–Crippen MR) is 59.5 cm³/mol. The number of rotatable bonds is 1. The Kier molecular flexibility index (Phi) is 5.37. The van der Waals surface area contributed by atoms with Crippen LogP contribution in [-0.4, -0.2) is 0 Å². The first-order valence-electron chi connectivity index (χ1n) is 2.75. The molecular formula is C6H5Br2ClN2S. The second-order valence-electron chi connectivity index (χ2n) is 1.88. The fraction of sp³-hybridized carbons (Fsp3) is 0.167. The monoisotopic (exact) mass is 330 g/mol. The summed E-state index contributed by atoms with van der Waals surface area (Å²) in [7, 11) is 0. The largest absolute Gasteiger partial charge is 0.312 e. The Hall–Kier alpha value is 0.400. The molecule has 2 N–H and O–H groups in total.